The van der Waals surface area contributed by atoms with Crippen LogP contribution in [0, 0.1) is 0 Å². The number of amides is 2. The van der Waals surface area contributed by atoms with Gasteiger partial charge >= 0.3 is 6.18 Å². The van der Waals surface area contributed by atoms with Gasteiger partial charge < -0.3 is 10.2 Å². The second kappa shape index (κ2) is 9.49. The Morgan fingerprint density at radius 3 is 2.36 bits per heavy atom. The summed E-state index contributed by atoms with van der Waals surface area (Å²) >= 11 is 7.41. The van der Waals surface area contributed by atoms with E-state index in [1.807, 2.05) is 12.1 Å². The van der Waals surface area contributed by atoms with E-state index in [4.69, 9.17) is 11.6 Å². The molecular formula is C24H18ClF3N2O2S. The Balaban J connectivity index is 1.49. The summed E-state index contributed by atoms with van der Waals surface area (Å²) in [5, 5.41) is 2.73. The summed E-state index contributed by atoms with van der Waals surface area (Å²) in [7, 11) is 0. The number of carbonyl (C=O) groups excluding carboxylic acids is 2. The Kier molecular flexibility index (Phi) is 6.67. The third kappa shape index (κ3) is 5.34. The van der Waals surface area contributed by atoms with Crippen molar-refractivity contribution in [2.45, 2.75) is 18.1 Å². The van der Waals surface area contributed by atoms with E-state index in [1.165, 1.54) is 30.0 Å². The van der Waals surface area contributed by atoms with Crippen molar-refractivity contribution in [2.75, 3.05) is 11.1 Å². The number of anilines is 1. The smallest absolute Gasteiger partial charge is 0.322 e. The topological polar surface area (TPSA) is 49.4 Å². The lowest BCUT2D eigenvalue weighted by Crippen LogP contribution is -2.27. The van der Waals surface area contributed by atoms with Crippen molar-refractivity contribution >= 4 is 40.9 Å². The molecule has 0 saturated carbocycles. The standard InChI is InChI=1S/C24H18ClF3N2O2S/c25-18-11-5-15(6-12-18)13-30-21(31)14-33-23(30)17-9-7-16(8-10-17)22(32)29-20-4-2-1-3-19(20)24(26,27)28/h1-12,23H,13-14H2,(H,29,32)/t23-/m0/s1. The summed E-state index contributed by atoms with van der Waals surface area (Å²) in [4.78, 5) is 26.7. The van der Waals surface area contributed by atoms with E-state index in [0.717, 1.165) is 17.2 Å². The van der Waals surface area contributed by atoms with E-state index in [1.54, 1.807) is 41.3 Å². The second-order valence-corrected chi connectivity index (χ2v) is 8.94. The zero-order chi connectivity index (χ0) is 23.6. The quantitative estimate of drug-likeness (QED) is 0.451. The van der Waals surface area contributed by atoms with Gasteiger partial charge in [-0.25, -0.2) is 0 Å². The molecule has 170 valence electrons. The Hall–Kier alpha value is -2.97. The number of para-hydroxylation sites is 1. The number of hydrogen-bond acceptors (Lipinski definition) is 3. The predicted octanol–water partition coefficient (Wildman–Crippen LogP) is 6.39. The van der Waals surface area contributed by atoms with Crippen molar-refractivity contribution in [1.29, 1.82) is 0 Å². The highest BCUT2D eigenvalue weighted by atomic mass is 35.5. The number of rotatable bonds is 5. The first-order valence-corrected chi connectivity index (χ1v) is 11.4. The molecule has 0 radical (unpaired) electrons. The van der Waals surface area contributed by atoms with Crippen LogP contribution in [0.5, 0.6) is 0 Å². The van der Waals surface area contributed by atoms with Crippen LogP contribution in [0.2, 0.25) is 5.02 Å². The first-order chi connectivity index (χ1) is 15.7. The van der Waals surface area contributed by atoms with E-state index < -0.39 is 17.6 Å². The summed E-state index contributed by atoms with van der Waals surface area (Å²) in [5.41, 5.74) is 0.778. The van der Waals surface area contributed by atoms with Crippen LogP contribution in [0.1, 0.15) is 32.4 Å². The van der Waals surface area contributed by atoms with Crippen LogP contribution in [0.3, 0.4) is 0 Å². The van der Waals surface area contributed by atoms with Crippen molar-refractivity contribution in [2.24, 2.45) is 0 Å². The van der Waals surface area contributed by atoms with E-state index >= 15 is 0 Å². The highest BCUT2D eigenvalue weighted by molar-refractivity contribution is 8.00. The molecule has 9 heteroatoms. The van der Waals surface area contributed by atoms with Gasteiger partial charge in [-0.05, 0) is 47.5 Å². The number of halogens is 4. The molecule has 1 saturated heterocycles. The molecule has 3 aromatic rings. The normalized spacial score (nSPS) is 16.2. The van der Waals surface area contributed by atoms with Gasteiger partial charge in [0.15, 0.2) is 0 Å². The Morgan fingerprint density at radius 2 is 1.70 bits per heavy atom. The van der Waals surface area contributed by atoms with Crippen LogP contribution in [-0.2, 0) is 17.5 Å². The van der Waals surface area contributed by atoms with Crippen molar-refractivity contribution in [3.05, 3.63) is 100 Å². The number of nitrogens with zero attached hydrogens (tertiary/aromatic N) is 1. The van der Waals surface area contributed by atoms with E-state index in [0.29, 0.717) is 17.3 Å². The minimum Gasteiger partial charge on any atom is -0.322 e. The van der Waals surface area contributed by atoms with Crippen molar-refractivity contribution in [3.63, 3.8) is 0 Å². The van der Waals surface area contributed by atoms with Crippen LogP contribution in [0.15, 0.2) is 72.8 Å². The fourth-order valence-electron chi connectivity index (χ4n) is 3.52. The zero-order valence-corrected chi connectivity index (χ0v) is 18.7. The van der Waals surface area contributed by atoms with Crippen LogP contribution >= 0.6 is 23.4 Å². The number of hydrogen-bond donors (Lipinski definition) is 1. The summed E-state index contributed by atoms with van der Waals surface area (Å²) in [6.07, 6.45) is -4.58. The van der Waals surface area contributed by atoms with Crippen molar-refractivity contribution < 1.29 is 22.8 Å². The Morgan fingerprint density at radius 1 is 1.03 bits per heavy atom. The summed E-state index contributed by atoms with van der Waals surface area (Å²) in [6, 6.07) is 18.6. The molecule has 0 spiro atoms. The molecule has 1 aliphatic heterocycles. The minimum atomic E-state index is -4.58. The average Bonchev–Trinajstić information content (AvgIpc) is 3.15. The molecule has 1 N–H and O–H groups in total. The number of nitrogens with one attached hydrogen (secondary N) is 1. The highest BCUT2D eigenvalue weighted by Gasteiger charge is 2.34. The van der Waals surface area contributed by atoms with Gasteiger partial charge in [0.25, 0.3) is 5.91 Å². The molecule has 0 unspecified atom stereocenters. The highest BCUT2D eigenvalue weighted by Crippen LogP contribution is 2.40. The van der Waals surface area contributed by atoms with E-state index in [-0.39, 0.29) is 22.5 Å². The van der Waals surface area contributed by atoms with Gasteiger partial charge in [0, 0.05) is 17.1 Å². The van der Waals surface area contributed by atoms with Crippen LogP contribution in [0.25, 0.3) is 0 Å². The first-order valence-electron chi connectivity index (χ1n) is 9.95. The van der Waals surface area contributed by atoms with Gasteiger partial charge in [-0.2, -0.15) is 13.2 Å². The molecule has 1 atom stereocenters. The number of thioether (sulfide) groups is 1. The summed E-state index contributed by atoms with van der Waals surface area (Å²) < 4.78 is 39.5. The lowest BCUT2D eigenvalue weighted by Gasteiger charge is -2.24. The minimum absolute atomic E-state index is 0.00512. The Labute approximate surface area is 197 Å². The third-order valence-electron chi connectivity index (χ3n) is 5.17. The number of alkyl halides is 3. The summed E-state index contributed by atoms with van der Waals surface area (Å²) in [5.74, 6) is -0.300. The fourth-order valence-corrected chi connectivity index (χ4v) is 4.83. The van der Waals surface area contributed by atoms with Crippen molar-refractivity contribution in [1.82, 2.24) is 4.90 Å². The Bertz CT molecular complexity index is 1170. The monoisotopic (exact) mass is 490 g/mol. The SMILES string of the molecule is O=C(Nc1ccccc1C(F)(F)F)c1ccc([C@@H]2SCC(=O)N2Cc2ccc(Cl)cc2)cc1. The molecule has 1 aliphatic rings. The third-order valence-corrected chi connectivity index (χ3v) is 6.68. The second-order valence-electron chi connectivity index (χ2n) is 7.43. The number of benzene rings is 3. The lowest BCUT2D eigenvalue weighted by atomic mass is 10.1. The van der Waals surface area contributed by atoms with E-state index in [9.17, 15) is 22.8 Å². The maximum absolute atomic E-state index is 13.2. The molecule has 1 fully saturated rings. The van der Waals surface area contributed by atoms with Gasteiger partial charge in [-0.15, -0.1) is 11.8 Å². The maximum Gasteiger partial charge on any atom is 0.418 e. The maximum atomic E-state index is 13.2. The molecular weight excluding hydrogens is 473 g/mol. The molecule has 0 aliphatic carbocycles. The molecule has 4 rings (SSSR count). The van der Waals surface area contributed by atoms with Gasteiger partial charge in [-0.3, -0.25) is 9.59 Å². The average molecular weight is 491 g/mol. The molecule has 33 heavy (non-hydrogen) atoms. The van der Waals surface area contributed by atoms with Crippen molar-refractivity contribution in [3.8, 4) is 0 Å². The zero-order valence-electron chi connectivity index (χ0n) is 17.1. The van der Waals surface area contributed by atoms with Crippen LogP contribution in [0.4, 0.5) is 18.9 Å². The molecule has 0 aromatic heterocycles. The molecule has 2 amide bonds. The van der Waals surface area contributed by atoms with Crippen LogP contribution < -0.4 is 5.32 Å². The first kappa shape index (κ1) is 23.2. The van der Waals surface area contributed by atoms with Gasteiger partial charge in [0.2, 0.25) is 5.91 Å². The number of carbonyl (C=O) groups is 2. The van der Waals surface area contributed by atoms with E-state index in [2.05, 4.69) is 5.32 Å². The molecule has 1 heterocycles. The lowest BCUT2D eigenvalue weighted by molar-refractivity contribution is -0.137. The summed E-state index contributed by atoms with van der Waals surface area (Å²) in [6.45, 7) is 0.421. The predicted molar refractivity (Wildman–Crippen MR) is 123 cm³/mol. The fraction of sp³-hybridized carbons (Fsp3) is 0.167. The van der Waals surface area contributed by atoms with Crippen LogP contribution in [-0.4, -0.2) is 22.5 Å². The van der Waals surface area contributed by atoms with Gasteiger partial charge in [0.1, 0.15) is 5.37 Å². The van der Waals surface area contributed by atoms with Gasteiger partial charge in [-0.1, -0.05) is 48.0 Å². The van der Waals surface area contributed by atoms with Gasteiger partial charge in [0.05, 0.1) is 17.0 Å². The largest absolute Gasteiger partial charge is 0.418 e. The molecule has 4 nitrogen and oxygen atoms in total. The molecule has 0 bridgehead atoms. The molecule has 3 aromatic carbocycles.